The van der Waals surface area contributed by atoms with Crippen molar-refractivity contribution in [1.82, 2.24) is 0 Å². The van der Waals surface area contributed by atoms with E-state index < -0.39 is 0 Å². The quantitative estimate of drug-likeness (QED) is 0.722. The van der Waals surface area contributed by atoms with Crippen molar-refractivity contribution in [3.8, 4) is 0 Å². The fourth-order valence-corrected chi connectivity index (χ4v) is 4.03. The van der Waals surface area contributed by atoms with Crippen molar-refractivity contribution in [1.29, 1.82) is 0 Å². The predicted octanol–water partition coefficient (Wildman–Crippen LogP) is 4.31. The highest BCUT2D eigenvalue weighted by Gasteiger charge is 2.40. The molecule has 0 N–H and O–H groups in total. The Morgan fingerprint density at radius 1 is 1.22 bits per heavy atom. The van der Waals surface area contributed by atoms with Gasteiger partial charge in [-0.2, -0.15) is 0 Å². The van der Waals surface area contributed by atoms with Crippen molar-refractivity contribution in [2.45, 2.75) is 46.0 Å². The average Bonchev–Trinajstić information content (AvgIpc) is 2.94. The van der Waals surface area contributed by atoms with E-state index in [9.17, 15) is 4.79 Å². The SMILES string of the molecule is Cc1cccc(C(=O)CC2CC3CCC2C3)c1C. The maximum Gasteiger partial charge on any atom is 0.163 e. The summed E-state index contributed by atoms with van der Waals surface area (Å²) in [6, 6.07) is 6.10. The molecule has 2 fully saturated rings. The van der Waals surface area contributed by atoms with Crippen LogP contribution in [0.15, 0.2) is 18.2 Å². The number of carbonyl (C=O) groups is 1. The number of hydrogen-bond donors (Lipinski definition) is 0. The third-order valence-electron chi connectivity index (χ3n) is 5.24. The Morgan fingerprint density at radius 3 is 2.72 bits per heavy atom. The molecule has 1 aromatic rings. The lowest BCUT2D eigenvalue weighted by molar-refractivity contribution is 0.0943. The molecule has 0 amide bonds. The Bertz CT molecular complexity index is 474. The van der Waals surface area contributed by atoms with Crippen LogP contribution in [0.5, 0.6) is 0 Å². The fraction of sp³-hybridized carbons (Fsp3) is 0.588. The van der Waals surface area contributed by atoms with Crippen LogP contribution in [0.2, 0.25) is 0 Å². The first-order chi connectivity index (χ1) is 8.65. The molecule has 1 aromatic carbocycles. The lowest BCUT2D eigenvalue weighted by Crippen LogP contribution is -2.16. The van der Waals surface area contributed by atoms with Gasteiger partial charge in [-0.25, -0.2) is 0 Å². The summed E-state index contributed by atoms with van der Waals surface area (Å²) in [5.74, 6) is 2.83. The average molecular weight is 242 g/mol. The van der Waals surface area contributed by atoms with E-state index in [4.69, 9.17) is 0 Å². The zero-order valence-electron chi connectivity index (χ0n) is 11.4. The fourth-order valence-electron chi connectivity index (χ4n) is 4.03. The molecule has 3 atom stereocenters. The molecule has 2 bridgehead atoms. The second kappa shape index (κ2) is 4.53. The molecule has 0 heterocycles. The zero-order chi connectivity index (χ0) is 12.7. The maximum absolute atomic E-state index is 12.5. The van der Waals surface area contributed by atoms with E-state index in [0.717, 1.165) is 23.8 Å². The van der Waals surface area contributed by atoms with Crippen molar-refractivity contribution in [3.05, 3.63) is 34.9 Å². The number of fused-ring (bicyclic) bond motifs is 2. The summed E-state index contributed by atoms with van der Waals surface area (Å²) in [7, 11) is 0. The Hall–Kier alpha value is -1.11. The molecule has 0 spiro atoms. The lowest BCUT2D eigenvalue weighted by atomic mass is 9.83. The third-order valence-corrected chi connectivity index (χ3v) is 5.24. The van der Waals surface area contributed by atoms with Crippen LogP contribution in [-0.4, -0.2) is 5.78 Å². The number of benzene rings is 1. The molecule has 18 heavy (non-hydrogen) atoms. The maximum atomic E-state index is 12.5. The van der Waals surface area contributed by atoms with Gasteiger partial charge in [0.05, 0.1) is 0 Å². The molecule has 0 saturated heterocycles. The van der Waals surface area contributed by atoms with Gasteiger partial charge >= 0.3 is 0 Å². The van der Waals surface area contributed by atoms with Gasteiger partial charge in [0, 0.05) is 12.0 Å². The summed E-state index contributed by atoms with van der Waals surface area (Å²) in [4.78, 5) is 12.5. The number of rotatable bonds is 3. The van der Waals surface area contributed by atoms with Crippen LogP contribution in [0.3, 0.4) is 0 Å². The summed E-state index contributed by atoms with van der Waals surface area (Å²) in [5, 5.41) is 0. The second-order valence-electron chi connectivity index (χ2n) is 6.31. The van der Waals surface area contributed by atoms with Gasteiger partial charge in [-0.15, -0.1) is 0 Å². The van der Waals surface area contributed by atoms with E-state index >= 15 is 0 Å². The molecule has 3 unspecified atom stereocenters. The highest BCUT2D eigenvalue weighted by molar-refractivity contribution is 5.97. The van der Waals surface area contributed by atoms with Gasteiger partial charge in [-0.1, -0.05) is 24.6 Å². The van der Waals surface area contributed by atoms with Crippen LogP contribution in [0.1, 0.15) is 53.6 Å². The monoisotopic (exact) mass is 242 g/mol. The van der Waals surface area contributed by atoms with Gasteiger partial charge in [0.15, 0.2) is 5.78 Å². The van der Waals surface area contributed by atoms with Crippen molar-refractivity contribution in [2.75, 3.05) is 0 Å². The van der Waals surface area contributed by atoms with Crippen LogP contribution < -0.4 is 0 Å². The van der Waals surface area contributed by atoms with Crippen LogP contribution in [0, 0.1) is 31.6 Å². The normalized spacial score (nSPS) is 29.8. The van der Waals surface area contributed by atoms with Crippen LogP contribution in [0.4, 0.5) is 0 Å². The van der Waals surface area contributed by atoms with Gasteiger partial charge < -0.3 is 0 Å². The largest absolute Gasteiger partial charge is 0.294 e. The molecule has 1 heteroatoms. The first kappa shape index (κ1) is 12.0. The molecule has 2 saturated carbocycles. The lowest BCUT2D eigenvalue weighted by Gasteiger charge is -2.21. The van der Waals surface area contributed by atoms with Gasteiger partial charge in [-0.3, -0.25) is 4.79 Å². The van der Waals surface area contributed by atoms with E-state index in [1.54, 1.807) is 0 Å². The molecule has 2 aliphatic carbocycles. The summed E-state index contributed by atoms with van der Waals surface area (Å²) in [5.41, 5.74) is 3.36. The molecule has 1 nitrogen and oxygen atoms in total. The van der Waals surface area contributed by atoms with E-state index in [0.29, 0.717) is 11.7 Å². The molecule has 2 aliphatic rings. The van der Waals surface area contributed by atoms with Gasteiger partial charge in [0.2, 0.25) is 0 Å². The number of Topliss-reactive ketones (excluding diaryl/α,β-unsaturated/α-hetero) is 1. The molecule has 96 valence electrons. The highest BCUT2D eigenvalue weighted by atomic mass is 16.1. The first-order valence-electron chi connectivity index (χ1n) is 7.24. The Morgan fingerprint density at radius 2 is 2.06 bits per heavy atom. The summed E-state index contributed by atoms with van der Waals surface area (Å²) < 4.78 is 0. The molecule has 0 aliphatic heterocycles. The van der Waals surface area contributed by atoms with Gasteiger partial charge in [0.1, 0.15) is 0 Å². The topological polar surface area (TPSA) is 17.1 Å². The van der Waals surface area contributed by atoms with E-state index in [-0.39, 0.29) is 0 Å². The van der Waals surface area contributed by atoms with E-state index in [2.05, 4.69) is 19.9 Å². The summed E-state index contributed by atoms with van der Waals surface area (Å²) >= 11 is 0. The number of aryl methyl sites for hydroxylation is 1. The minimum Gasteiger partial charge on any atom is -0.294 e. The second-order valence-corrected chi connectivity index (χ2v) is 6.31. The Kier molecular flexibility index (Phi) is 3.01. The highest BCUT2D eigenvalue weighted by Crippen LogP contribution is 2.49. The minimum absolute atomic E-state index is 0.369. The molecular weight excluding hydrogens is 220 g/mol. The molecule has 3 rings (SSSR count). The standard InChI is InChI=1S/C17H22O/c1-11-4-3-5-16(12(11)2)17(18)10-15-9-13-6-7-14(15)8-13/h3-5,13-15H,6-10H2,1-2H3. The summed E-state index contributed by atoms with van der Waals surface area (Å²) in [6.45, 7) is 4.16. The molecule has 0 aromatic heterocycles. The van der Waals surface area contributed by atoms with Crippen LogP contribution in [-0.2, 0) is 0 Å². The van der Waals surface area contributed by atoms with Crippen molar-refractivity contribution in [2.24, 2.45) is 17.8 Å². The van der Waals surface area contributed by atoms with E-state index in [1.165, 1.54) is 36.8 Å². The Labute approximate surface area is 110 Å². The predicted molar refractivity (Wildman–Crippen MR) is 73.8 cm³/mol. The first-order valence-corrected chi connectivity index (χ1v) is 7.24. The number of hydrogen-bond acceptors (Lipinski definition) is 1. The zero-order valence-corrected chi connectivity index (χ0v) is 11.4. The van der Waals surface area contributed by atoms with Crippen LogP contribution in [0.25, 0.3) is 0 Å². The van der Waals surface area contributed by atoms with Gasteiger partial charge in [0.25, 0.3) is 0 Å². The minimum atomic E-state index is 0.369. The van der Waals surface area contributed by atoms with Crippen molar-refractivity contribution >= 4 is 5.78 Å². The van der Waals surface area contributed by atoms with Crippen molar-refractivity contribution < 1.29 is 4.79 Å². The smallest absolute Gasteiger partial charge is 0.163 e. The third kappa shape index (κ3) is 2.00. The van der Waals surface area contributed by atoms with Gasteiger partial charge in [-0.05, 0) is 62.0 Å². The number of ketones is 1. The Balaban J connectivity index is 1.73. The van der Waals surface area contributed by atoms with E-state index in [1.807, 2.05) is 12.1 Å². The van der Waals surface area contributed by atoms with Crippen LogP contribution >= 0.6 is 0 Å². The number of carbonyl (C=O) groups excluding carboxylic acids is 1. The molecule has 0 radical (unpaired) electrons. The molecular formula is C17H22O. The van der Waals surface area contributed by atoms with Crippen molar-refractivity contribution in [3.63, 3.8) is 0 Å². The summed E-state index contributed by atoms with van der Waals surface area (Å²) in [6.07, 6.45) is 6.27.